The van der Waals surface area contributed by atoms with Crippen LogP contribution >= 0.6 is 11.6 Å². The number of ether oxygens (including phenoxy) is 3. The summed E-state index contributed by atoms with van der Waals surface area (Å²) >= 11 is 6.27. The van der Waals surface area contributed by atoms with Crippen molar-refractivity contribution in [2.24, 2.45) is 0 Å². The first-order valence-electron chi connectivity index (χ1n) is 6.09. The van der Waals surface area contributed by atoms with Gasteiger partial charge in [0.1, 0.15) is 11.5 Å². The molecule has 1 fully saturated rings. The Labute approximate surface area is 113 Å². The lowest BCUT2D eigenvalue weighted by Crippen LogP contribution is -2.35. The topological polar surface area (TPSA) is 27.7 Å². The van der Waals surface area contributed by atoms with Crippen LogP contribution in [-0.2, 0) is 10.3 Å². The van der Waals surface area contributed by atoms with Gasteiger partial charge in [0.25, 0.3) is 0 Å². The van der Waals surface area contributed by atoms with Gasteiger partial charge in [-0.05, 0) is 38.0 Å². The van der Waals surface area contributed by atoms with E-state index >= 15 is 0 Å². The minimum absolute atomic E-state index is 0.139. The van der Waals surface area contributed by atoms with Gasteiger partial charge in [-0.2, -0.15) is 0 Å². The normalized spacial score (nSPS) is 27.9. The van der Waals surface area contributed by atoms with Crippen LogP contribution in [0.15, 0.2) is 18.2 Å². The molecule has 18 heavy (non-hydrogen) atoms. The maximum Gasteiger partial charge on any atom is 0.125 e. The average Bonchev–Trinajstić information content (AvgIpc) is 2.37. The smallest absolute Gasteiger partial charge is 0.125 e. The molecule has 4 heteroatoms. The maximum atomic E-state index is 6.27. The van der Waals surface area contributed by atoms with Gasteiger partial charge in [0.2, 0.25) is 0 Å². The van der Waals surface area contributed by atoms with Gasteiger partial charge in [-0.25, -0.2) is 0 Å². The molecule has 0 amide bonds. The molecule has 0 saturated carbocycles. The molecule has 1 heterocycles. The standard InChI is InChI=1S/C14H19ClO3/c1-14(9-10(15)6-7-18-14)12-8-11(16-2)4-5-13(12)17-3/h4-5,8,10H,6-7,9H2,1-3H3. The van der Waals surface area contributed by atoms with Crippen LogP contribution in [-0.4, -0.2) is 26.2 Å². The van der Waals surface area contributed by atoms with Gasteiger partial charge in [0, 0.05) is 17.5 Å². The van der Waals surface area contributed by atoms with Crippen molar-refractivity contribution in [3.05, 3.63) is 23.8 Å². The molecule has 1 aromatic carbocycles. The molecule has 0 N–H and O–H groups in total. The van der Waals surface area contributed by atoms with E-state index in [1.807, 2.05) is 18.2 Å². The van der Waals surface area contributed by atoms with E-state index in [2.05, 4.69) is 6.92 Å². The molecule has 100 valence electrons. The fraction of sp³-hybridized carbons (Fsp3) is 0.571. The van der Waals surface area contributed by atoms with Crippen molar-refractivity contribution in [1.82, 2.24) is 0 Å². The molecule has 1 aromatic rings. The van der Waals surface area contributed by atoms with Crippen LogP contribution in [0.25, 0.3) is 0 Å². The number of hydrogen-bond acceptors (Lipinski definition) is 3. The van der Waals surface area contributed by atoms with Crippen LogP contribution in [0.2, 0.25) is 0 Å². The molecule has 0 aromatic heterocycles. The number of hydrogen-bond donors (Lipinski definition) is 0. The Kier molecular flexibility index (Phi) is 4.03. The van der Waals surface area contributed by atoms with Crippen LogP contribution < -0.4 is 9.47 Å². The van der Waals surface area contributed by atoms with Gasteiger partial charge >= 0.3 is 0 Å². The lowest BCUT2D eigenvalue weighted by Gasteiger charge is -2.37. The van der Waals surface area contributed by atoms with Crippen molar-refractivity contribution in [2.45, 2.75) is 30.7 Å². The van der Waals surface area contributed by atoms with Crippen LogP contribution in [0.1, 0.15) is 25.3 Å². The van der Waals surface area contributed by atoms with Crippen LogP contribution in [0.3, 0.4) is 0 Å². The van der Waals surface area contributed by atoms with Gasteiger partial charge in [0.15, 0.2) is 0 Å². The Morgan fingerprint density at radius 1 is 1.33 bits per heavy atom. The molecule has 0 aliphatic carbocycles. The fourth-order valence-corrected chi connectivity index (χ4v) is 2.79. The van der Waals surface area contributed by atoms with E-state index in [0.29, 0.717) is 6.61 Å². The molecule has 0 bridgehead atoms. The van der Waals surface area contributed by atoms with E-state index in [0.717, 1.165) is 29.9 Å². The summed E-state index contributed by atoms with van der Waals surface area (Å²) in [6, 6.07) is 5.75. The van der Waals surface area contributed by atoms with Crippen LogP contribution in [0, 0.1) is 0 Å². The molecular formula is C14H19ClO3. The largest absolute Gasteiger partial charge is 0.497 e. The zero-order valence-corrected chi connectivity index (χ0v) is 11.8. The van der Waals surface area contributed by atoms with E-state index in [4.69, 9.17) is 25.8 Å². The number of methoxy groups -OCH3 is 2. The van der Waals surface area contributed by atoms with Gasteiger partial charge < -0.3 is 14.2 Å². The molecule has 1 aliphatic heterocycles. The molecular weight excluding hydrogens is 252 g/mol. The van der Waals surface area contributed by atoms with E-state index in [9.17, 15) is 0 Å². The SMILES string of the molecule is COc1ccc(OC)c(C2(C)CC(Cl)CCO2)c1. The first-order valence-corrected chi connectivity index (χ1v) is 6.53. The van der Waals surface area contributed by atoms with Crippen molar-refractivity contribution < 1.29 is 14.2 Å². The molecule has 1 saturated heterocycles. The molecule has 3 nitrogen and oxygen atoms in total. The quantitative estimate of drug-likeness (QED) is 0.789. The first kappa shape index (κ1) is 13.5. The summed E-state index contributed by atoms with van der Waals surface area (Å²) in [5.41, 5.74) is 0.583. The summed E-state index contributed by atoms with van der Waals surface area (Å²) in [6.07, 6.45) is 1.67. The zero-order valence-electron chi connectivity index (χ0n) is 11.0. The predicted octanol–water partition coefficient (Wildman–Crippen LogP) is 3.34. The molecule has 1 aliphatic rings. The lowest BCUT2D eigenvalue weighted by molar-refractivity contribution is -0.0696. The third-order valence-electron chi connectivity index (χ3n) is 3.44. The van der Waals surface area contributed by atoms with Crippen LogP contribution in [0.5, 0.6) is 11.5 Å². The second-order valence-corrected chi connectivity index (χ2v) is 5.35. The first-order chi connectivity index (χ1) is 8.59. The van der Waals surface area contributed by atoms with Gasteiger partial charge in [-0.1, -0.05) is 0 Å². The highest BCUT2D eigenvalue weighted by Gasteiger charge is 2.36. The van der Waals surface area contributed by atoms with Gasteiger partial charge in [0.05, 0.1) is 19.8 Å². The van der Waals surface area contributed by atoms with Crippen molar-refractivity contribution >= 4 is 11.6 Å². The Morgan fingerprint density at radius 2 is 2.11 bits per heavy atom. The molecule has 2 rings (SSSR count). The van der Waals surface area contributed by atoms with Gasteiger partial charge in [-0.15, -0.1) is 11.6 Å². The third kappa shape index (κ3) is 2.57. The van der Waals surface area contributed by atoms with E-state index in [1.54, 1.807) is 14.2 Å². The predicted molar refractivity (Wildman–Crippen MR) is 71.7 cm³/mol. The maximum absolute atomic E-state index is 6.27. The molecule has 2 unspecified atom stereocenters. The summed E-state index contributed by atoms with van der Waals surface area (Å²) < 4.78 is 16.6. The minimum atomic E-state index is -0.412. The summed E-state index contributed by atoms with van der Waals surface area (Å²) in [6.45, 7) is 2.73. The fourth-order valence-electron chi connectivity index (χ4n) is 2.41. The molecule has 0 spiro atoms. The number of halogens is 1. The molecule has 0 radical (unpaired) electrons. The van der Waals surface area contributed by atoms with E-state index in [1.165, 1.54) is 0 Å². The summed E-state index contributed by atoms with van der Waals surface area (Å²) in [5.74, 6) is 1.61. The van der Waals surface area contributed by atoms with Crippen molar-refractivity contribution in [3.63, 3.8) is 0 Å². The van der Waals surface area contributed by atoms with E-state index < -0.39 is 5.60 Å². The summed E-state index contributed by atoms with van der Waals surface area (Å²) in [7, 11) is 3.32. The third-order valence-corrected chi connectivity index (χ3v) is 3.81. The number of rotatable bonds is 3. The second-order valence-electron chi connectivity index (χ2n) is 4.74. The Hall–Kier alpha value is -0.930. The number of alkyl halides is 1. The Balaban J connectivity index is 2.40. The highest BCUT2D eigenvalue weighted by molar-refractivity contribution is 6.20. The highest BCUT2D eigenvalue weighted by atomic mass is 35.5. The van der Waals surface area contributed by atoms with Crippen molar-refractivity contribution in [2.75, 3.05) is 20.8 Å². The Bertz CT molecular complexity index is 422. The summed E-state index contributed by atoms with van der Waals surface area (Å²) in [5, 5.41) is 0.139. The Morgan fingerprint density at radius 3 is 2.72 bits per heavy atom. The van der Waals surface area contributed by atoms with Crippen molar-refractivity contribution in [3.8, 4) is 11.5 Å². The zero-order chi connectivity index (χ0) is 13.2. The summed E-state index contributed by atoms with van der Waals surface area (Å²) in [4.78, 5) is 0. The van der Waals surface area contributed by atoms with E-state index in [-0.39, 0.29) is 5.38 Å². The van der Waals surface area contributed by atoms with Gasteiger partial charge in [-0.3, -0.25) is 0 Å². The van der Waals surface area contributed by atoms with Crippen molar-refractivity contribution in [1.29, 1.82) is 0 Å². The highest BCUT2D eigenvalue weighted by Crippen LogP contribution is 2.42. The molecule has 2 atom stereocenters. The van der Waals surface area contributed by atoms with Crippen LogP contribution in [0.4, 0.5) is 0 Å². The average molecular weight is 271 g/mol. The monoisotopic (exact) mass is 270 g/mol. The number of benzene rings is 1. The second kappa shape index (κ2) is 5.37. The minimum Gasteiger partial charge on any atom is -0.497 e. The lowest BCUT2D eigenvalue weighted by atomic mass is 9.87.